The lowest BCUT2D eigenvalue weighted by Crippen LogP contribution is -2.52. The first-order chi connectivity index (χ1) is 9.70. The van der Waals surface area contributed by atoms with Crippen LogP contribution in [0.15, 0.2) is 0 Å². The number of rotatable bonds is 1. The summed E-state index contributed by atoms with van der Waals surface area (Å²) < 4.78 is 0. The van der Waals surface area contributed by atoms with Crippen molar-refractivity contribution >= 4 is 0 Å². The maximum atomic E-state index is 2.71. The highest BCUT2D eigenvalue weighted by Gasteiger charge is 2.57. The third kappa shape index (κ3) is 1.72. The molecule has 0 spiro atoms. The van der Waals surface area contributed by atoms with Gasteiger partial charge in [0.05, 0.1) is 0 Å². The van der Waals surface area contributed by atoms with Crippen LogP contribution in [0.4, 0.5) is 0 Å². The molecule has 0 aromatic rings. The maximum Gasteiger partial charge on any atom is -0.0266 e. The lowest BCUT2D eigenvalue weighted by molar-refractivity contribution is -0.108. The Labute approximate surface area is 126 Å². The summed E-state index contributed by atoms with van der Waals surface area (Å²) in [5.41, 5.74) is 1.53. The zero-order chi connectivity index (χ0) is 13.8. The molecule has 0 amide bonds. The van der Waals surface area contributed by atoms with Gasteiger partial charge < -0.3 is 0 Å². The second-order valence-corrected chi connectivity index (χ2v) is 9.05. The third-order valence-electron chi connectivity index (χ3n) is 8.81. The van der Waals surface area contributed by atoms with Gasteiger partial charge in [0.1, 0.15) is 0 Å². The molecule has 0 nitrogen and oxygen atoms in total. The van der Waals surface area contributed by atoms with Crippen molar-refractivity contribution in [3.05, 3.63) is 0 Å². The fraction of sp³-hybridized carbons (Fsp3) is 1.00. The van der Waals surface area contributed by atoms with Crippen LogP contribution in [-0.4, -0.2) is 0 Å². The minimum atomic E-state index is 0.740. The first-order valence-electron chi connectivity index (χ1n) is 9.70. The molecule has 4 aliphatic carbocycles. The maximum absolute atomic E-state index is 2.71. The van der Waals surface area contributed by atoms with E-state index in [-0.39, 0.29) is 0 Å². The van der Waals surface area contributed by atoms with Crippen LogP contribution in [-0.2, 0) is 0 Å². The van der Waals surface area contributed by atoms with Crippen LogP contribution in [0.25, 0.3) is 0 Å². The summed E-state index contributed by atoms with van der Waals surface area (Å²) in [5, 5.41) is 0. The van der Waals surface area contributed by atoms with Crippen molar-refractivity contribution in [1.29, 1.82) is 0 Å². The van der Waals surface area contributed by atoms with Gasteiger partial charge in [-0.2, -0.15) is 0 Å². The second-order valence-electron chi connectivity index (χ2n) is 9.05. The molecule has 4 rings (SSSR count). The molecule has 4 aliphatic rings. The highest BCUT2D eigenvalue weighted by molar-refractivity contribution is 5.07. The van der Waals surface area contributed by atoms with Crippen LogP contribution in [0.3, 0.4) is 0 Å². The van der Waals surface area contributed by atoms with Gasteiger partial charge in [-0.3, -0.25) is 0 Å². The number of hydrogen-bond donors (Lipinski definition) is 0. The molecule has 4 saturated carbocycles. The van der Waals surface area contributed by atoms with Crippen LogP contribution < -0.4 is 0 Å². The van der Waals surface area contributed by atoms with Gasteiger partial charge in [-0.1, -0.05) is 39.5 Å². The molecule has 0 bridgehead atoms. The van der Waals surface area contributed by atoms with Gasteiger partial charge >= 0.3 is 0 Å². The largest absolute Gasteiger partial charge is 0.0648 e. The molecule has 0 heterocycles. The van der Waals surface area contributed by atoms with E-state index in [0.717, 1.165) is 34.5 Å². The van der Waals surface area contributed by atoms with E-state index in [1.165, 1.54) is 19.3 Å². The van der Waals surface area contributed by atoms with Crippen molar-refractivity contribution in [2.45, 2.75) is 90.9 Å². The summed E-state index contributed by atoms with van der Waals surface area (Å²) in [5.74, 6) is 4.42. The first kappa shape index (κ1) is 13.6. The average molecular weight is 274 g/mol. The van der Waals surface area contributed by atoms with Crippen molar-refractivity contribution in [2.75, 3.05) is 0 Å². The van der Waals surface area contributed by atoms with Gasteiger partial charge in [-0.25, -0.2) is 0 Å². The highest BCUT2D eigenvalue weighted by atomic mass is 14.6. The Kier molecular flexibility index (Phi) is 3.24. The van der Waals surface area contributed by atoms with E-state index in [0.29, 0.717) is 0 Å². The molecule has 0 unspecified atom stereocenters. The summed E-state index contributed by atoms with van der Waals surface area (Å²) in [6.07, 6.45) is 18.7. The van der Waals surface area contributed by atoms with E-state index < -0.39 is 0 Å². The Hall–Kier alpha value is 0. The number of hydrogen-bond acceptors (Lipinski definition) is 0. The fourth-order valence-corrected chi connectivity index (χ4v) is 7.70. The van der Waals surface area contributed by atoms with E-state index >= 15 is 0 Å². The van der Waals surface area contributed by atoms with Crippen molar-refractivity contribution in [3.63, 3.8) is 0 Å². The van der Waals surface area contributed by atoms with E-state index in [1.807, 2.05) is 0 Å². The van der Waals surface area contributed by atoms with E-state index in [4.69, 9.17) is 0 Å². The van der Waals surface area contributed by atoms with Gasteiger partial charge in [0.2, 0.25) is 0 Å². The molecule has 114 valence electrons. The normalized spacial score (nSPS) is 54.9. The smallest absolute Gasteiger partial charge is 0.0266 e. The van der Waals surface area contributed by atoms with Crippen LogP contribution >= 0.6 is 0 Å². The lowest BCUT2D eigenvalue weighted by Gasteiger charge is -2.60. The predicted octanol–water partition coefficient (Wildman–Crippen LogP) is 6.20. The molecule has 0 heteroatoms. The summed E-state index contributed by atoms with van der Waals surface area (Å²) in [6, 6.07) is 0. The van der Waals surface area contributed by atoms with Gasteiger partial charge in [0, 0.05) is 0 Å². The first-order valence-corrected chi connectivity index (χ1v) is 9.70. The average Bonchev–Trinajstić information content (AvgIpc) is 2.91. The molecular formula is C20H34. The van der Waals surface area contributed by atoms with Crippen LogP contribution in [0.5, 0.6) is 0 Å². The van der Waals surface area contributed by atoms with Gasteiger partial charge in [0.15, 0.2) is 0 Å². The van der Waals surface area contributed by atoms with Gasteiger partial charge in [-0.15, -0.1) is 0 Å². The summed E-state index contributed by atoms with van der Waals surface area (Å²) >= 11 is 0. The predicted molar refractivity (Wildman–Crippen MR) is 85.6 cm³/mol. The Bertz CT molecular complexity index is 372. The van der Waals surface area contributed by atoms with Gasteiger partial charge in [-0.05, 0) is 85.9 Å². The van der Waals surface area contributed by atoms with E-state index in [2.05, 4.69) is 13.8 Å². The van der Waals surface area contributed by atoms with Crippen LogP contribution in [0.2, 0.25) is 0 Å². The van der Waals surface area contributed by atoms with E-state index in [1.54, 1.807) is 57.8 Å². The summed E-state index contributed by atoms with van der Waals surface area (Å²) in [6.45, 7) is 5.20. The van der Waals surface area contributed by atoms with Crippen molar-refractivity contribution in [2.24, 2.45) is 34.5 Å². The van der Waals surface area contributed by atoms with Crippen molar-refractivity contribution in [3.8, 4) is 0 Å². The Morgan fingerprint density at radius 1 is 0.800 bits per heavy atom. The van der Waals surface area contributed by atoms with Crippen LogP contribution in [0.1, 0.15) is 90.9 Å². The van der Waals surface area contributed by atoms with Crippen molar-refractivity contribution in [1.82, 2.24) is 0 Å². The molecule has 4 fully saturated rings. The lowest BCUT2D eigenvalue weighted by atomic mass is 9.45. The molecule has 0 radical (unpaired) electrons. The molecule has 20 heavy (non-hydrogen) atoms. The van der Waals surface area contributed by atoms with E-state index in [9.17, 15) is 0 Å². The standard InChI is InChI=1S/C20H34/c1-3-20-13-6-8-18(20)16-10-9-15-7-4-5-12-19(15,2)17(16)11-14-20/h15-18H,3-14H2,1-2H3/t15-,16-,17+,18+,19+,20+/m1/s1. The minimum absolute atomic E-state index is 0.740. The SMILES string of the molecule is CC[C@@]12CCC[C@H]1[C@@H]1CC[C@H]3CCCC[C@]3(C)[C@H]1CC2. The van der Waals surface area contributed by atoms with Crippen molar-refractivity contribution < 1.29 is 0 Å². The quantitative estimate of drug-likeness (QED) is 0.534. The highest BCUT2D eigenvalue weighted by Crippen LogP contribution is 2.66. The minimum Gasteiger partial charge on any atom is -0.0648 e. The zero-order valence-electron chi connectivity index (χ0n) is 13.8. The zero-order valence-corrected chi connectivity index (χ0v) is 13.8. The Morgan fingerprint density at radius 2 is 1.70 bits per heavy atom. The monoisotopic (exact) mass is 274 g/mol. The molecular weight excluding hydrogens is 240 g/mol. The molecule has 0 saturated heterocycles. The molecule has 0 aromatic heterocycles. The fourth-order valence-electron chi connectivity index (χ4n) is 7.70. The summed E-state index contributed by atoms with van der Waals surface area (Å²) in [7, 11) is 0. The Balaban J connectivity index is 1.64. The molecule has 6 atom stereocenters. The topological polar surface area (TPSA) is 0 Å². The van der Waals surface area contributed by atoms with Crippen LogP contribution in [0, 0.1) is 34.5 Å². The molecule has 0 aromatic carbocycles. The Morgan fingerprint density at radius 3 is 2.55 bits per heavy atom. The van der Waals surface area contributed by atoms with Gasteiger partial charge in [0.25, 0.3) is 0 Å². The number of fused-ring (bicyclic) bond motifs is 5. The molecule has 0 aliphatic heterocycles. The summed E-state index contributed by atoms with van der Waals surface area (Å²) in [4.78, 5) is 0. The third-order valence-corrected chi connectivity index (χ3v) is 8.81. The second kappa shape index (κ2) is 4.75. The molecule has 0 N–H and O–H groups in total.